The zero-order chi connectivity index (χ0) is 34.0. The number of benzene rings is 3. The number of nitrogens with zero attached hydrogens (tertiary/aromatic N) is 2. The zero-order valence-electron chi connectivity index (χ0n) is 26.2. The second kappa shape index (κ2) is 16.2. The molecule has 0 aliphatic carbocycles. The molecule has 0 aromatic heterocycles. The molecule has 9 nitrogen and oxygen atoms in total. The lowest BCUT2D eigenvalue weighted by Crippen LogP contribution is -2.46. The second-order valence-corrected chi connectivity index (χ2v) is 11.1. The van der Waals surface area contributed by atoms with Crippen LogP contribution >= 0.6 is 0 Å². The molecule has 0 radical (unpaired) electrons. The van der Waals surface area contributed by atoms with Crippen molar-refractivity contribution in [1.29, 1.82) is 0 Å². The molecule has 0 heterocycles. The summed E-state index contributed by atoms with van der Waals surface area (Å²) in [6.07, 6.45) is -4.57. The minimum Gasteiger partial charge on any atom is -0.497 e. The van der Waals surface area contributed by atoms with E-state index in [2.05, 4.69) is 0 Å². The number of aliphatic hydroxyl groups excluding tert-OH is 1. The van der Waals surface area contributed by atoms with Gasteiger partial charge in [0.1, 0.15) is 5.75 Å². The molecule has 248 valence electrons. The van der Waals surface area contributed by atoms with Gasteiger partial charge in [-0.3, -0.25) is 14.4 Å². The molecule has 0 unspecified atom stereocenters. The number of carbonyl (C=O) groups excluding carboxylic acids is 3. The monoisotopic (exact) mass is 642 g/mol. The Hall–Kier alpha value is -4.42. The number of hydrogen-bond donors (Lipinski definition) is 3. The number of nitrogens with two attached hydrogens (primary N) is 2. The van der Waals surface area contributed by atoms with Crippen molar-refractivity contribution in [3.8, 4) is 5.75 Å². The van der Waals surface area contributed by atoms with E-state index in [0.717, 1.165) is 12.1 Å². The molecular formula is C34H41F3N4O5. The lowest BCUT2D eigenvalue weighted by molar-refractivity contribution is -0.137. The second-order valence-electron chi connectivity index (χ2n) is 11.1. The van der Waals surface area contributed by atoms with Crippen molar-refractivity contribution in [1.82, 2.24) is 9.80 Å². The molecule has 3 amide bonds. The van der Waals surface area contributed by atoms with Gasteiger partial charge in [0.25, 0.3) is 11.8 Å². The molecule has 0 aliphatic heterocycles. The Morgan fingerprint density at radius 2 is 1.41 bits per heavy atom. The number of amides is 3. The maximum absolute atomic E-state index is 14.1. The van der Waals surface area contributed by atoms with E-state index < -0.39 is 35.7 Å². The highest BCUT2D eigenvalue weighted by Crippen LogP contribution is 2.30. The lowest BCUT2D eigenvalue weighted by atomic mass is 9.99. The number of aliphatic hydroxyl groups is 1. The van der Waals surface area contributed by atoms with Crippen molar-refractivity contribution in [3.05, 3.63) is 100 Å². The minimum absolute atomic E-state index is 0.00542. The maximum atomic E-state index is 14.1. The molecule has 5 N–H and O–H groups in total. The number of rotatable bonds is 15. The van der Waals surface area contributed by atoms with Crippen LogP contribution in [0.1, 0.15) is 74.5 Å². The van der Waals surface area contributed by atoms with Crippen LogP contribution in [0.2, 0.25) is 0 Å². The summed E-state index contributed by atoms with van der Waals surface area (Å²) in [5.74, 6) is -1.28. The van der Waals surface area contributed by atoms with Crippen LogP contribution in [0.4, 0.5) is 13.2 Å². The van der Waals surface area contributed by atoms with Crippen molar-refractivity contribution in [2.24, 2.45) is 11.5 Å². The summed E-state index contributed by atoms with van der Waals surface area (Å²) in [7, 11) is 1.49. The van der Waals surface area contributed by atoms with Crippen molar-refractivity contribution in [2.45, 2.75) is 58.0 Å². The first-order valence-corrected chi connectivity index (χ1v) is 15.0. The first-order valence-electron chi connectivity index (χ1n) is 15.0. The van der Waals surface area contributed by atoms with E-state index in [0.29, 0.717) is 37.2 Å². The molecule has 0 bridgehead atoms. The normalized spacial score (nSPS) is 12.7. The van der Waals surface area contributed by atoms with Crippen LogP contribution < -0.4 is 16.2 Å². The van der Waals surface area contributed by atoms with Crippen molar-refractivity contribution in [3.63, 3.8) is 0 Å². The summed E-state index contributed by atoms with van der Waals surface area (Å²) >= 11 is 0. The molecule has 12 heteroatoms. The highest BCUT2D eigenvalue weighted by Gasteiger charge is 2.31. The third-order valence-electron chi connectivity index (χ3n) is 7.41. The van der Waals surface area contributed by atoms with Gasteiger partial charge in [0, 0.05) is 48.9 Å². The molecule has 0 aliphatic rings. The van der Waals surface area contributed by atoms with Crippen LogP contribution in [0.5, 0.6) is 5.75 Å². The van der Waals surface area contributed by atoms with Crippen molar-refractivity contribution < 1.29 is 37.4 Å². The number of carbonyl (C=O) groups is 3. The predicted octanol–water partition coefficient (Wildman–Crippen LogP) is 4.65. The van der Waals surface area contributed by atoms with E-state index in [1.807, 2.05) is 13.8 Å². The van der Waals surface area contributed by atoms with Crippen LogP contribution in [0, 0.1) is 0 Å². The third kappa shape index (κ3) is 9.79. The Balaban J connectivity index is 1.97. The number of alkyl halides is 3. The van der Waals surface area contributed by atoms with Gasteiger partial charge in [-0.15, -0.1) is 0 Å². The average molecular weight is 643 g/mol. The SMILES string of the molecule is CCCN(CCC)C(=O)c1cc(C(N)=O)cc(C(=O)N(Cc2cccc(OC)c2)C[C@@H](O)[C@@H](N)Cc2cccc(C(F)(F)F)c2)c1. The molecule has 2 atom stereocenters. The van der Waals surface area contributed by atoms with E-state index in [9.17, 15) is 32.7 Å². The fraction of sp³-hybridized carbons (Fsp3) is 0.382. The highest BCUT2D eigenvalue weighted by atomic mass is 19.4. The molecule has 0 saturated carbocycles. The number of primary amides is 1. The topological polar surface area (TPSA) is 139 Å². The smallest absolute Gasteiger partial charge is 0.416 e. The minimum atomic E-state index is -4.54. The molecule has 0 saturated heterocycles. The number of ether oxygens (including phenoxy) is 1. The summed E-state index contributed by atoms with van der Waals surface area (Å²) in [6.45, 7) is 4.50. The summed E-state index contributed by atoms with van der Waals surface area (Å²) in [6, 6.07) is 14.6. The maximum Gasteiger partial charge on any atom is 0.416 e. The van der Waals surface area contributed by atoms with Crippen molar-refractivity contribution >= 4 is 17.7 Å². The van der Waals surface area contributed by atoms with E-state index >= 15 is 0 Å². The molecular weight excluding hydrogens is 601 g/mol. The van der Waals surface area contributed by atoms with Gasteiger partial charge in [0.15, 0.2) is 0 Å². The fourth-order valence-corrected chi connectivity index (χ4v) is 5.09. The quantitative estimate of drug-likeness (QED) is 0.221. The number of methoxy groups -OCH3 is 1. The van der Waals surface area contributed by atoms with Gasteiger partial charge in [-0.25, -0.2) is 0 Å². The van der Waals surface area contributed by atoms with E-state index in [4.69, 9.17) is 16.2 Å². The van der Waals surface area contributed by atoms with Crippen LogP contribution in [0.25, 0.3) is 0 Å². The Bertz CT molecular complexity index is 1510. The fourth-order valence-electron chi connectivity index (χ4n) is 5.09. The number of halogens is 3. The van der Waals surface area contributed by atoms with Gasteiger partial charge in [-0.1, -0.05) is 44.2 Å². The van der Waals surface area contributed by atoms with Crippen LogP contribution in [0.3, 0.4) is 0 Å². The van der Waals surface area contributed by atoms with E-state index in [1.165, 1.54) is 42.3 Å². The van der Waals surface area contributed by atoms with Gasteiger partial charge in [0.2, 0.25) is 5.91 Å². The highest BCUT2D eigenvalue weighted by molar-refractivity contribution is 6.04. The van der Waals surface area contributed by atoms with Gasteiger partial charge >= 0.3 is 6.18 Å². The molecule has 0 spiro atoms. The molecule has 46 heavy (non-hydrogen) atoms. The Morgan fingerprint density at radius 3 is 1.98 bits per heavy atom. The largest absolute Gasteiger partial charge is 0.497 e. The summed E-state index contributed by atoms with van der Waals surface area (Å²) in [4.78, 5) is 42.7. The van der Waals surface area contributed by atoms with Gasteiger partial charge in [-0.2, -0.15) is 13.2 Å². The molecule has 3 aromatic rings. The van der Waals surface area contributed by atoms with Gasteiger partial charge in [0.05, 0.1) is 18.8 Å². The van der Waals surface area contributed by atoms with Crippen molar-refractivity contribution in [2.75, 3.05) is 26.7 Å². The molecule has 3 rings (SSSR count). The number of hydrogen-bond acceptors (Lipinski definition) is 6. The average Bonchev–Trinajstić information content (AvgIpc) is 3.03. The van der Waals surface area contributed by atoms with E-state index in [1.54, 1.807) is 29.2 Å². The summed E-state index contributed by atoms with van der Waals surface area (Å²) in [5, 5.41) is 11.1. The predicted molar refractivity (Wildman–Crippen MR) is 168 cm³/mol. The van der Waals surface area contributed by atoms with E-state index in [-0.39, 0.29) is 47.7 Å². The third-order valence-corrected chi connectivity index (χ3v) is 7.41. The Morgan fingerprint density at radius 1 is 0.848 bits per heavy atom. The summed E-state index contributed by atoms with van der Waals surface area (Å²) in [5.41, 5.74) is 12.0. The first-order chi connectivity index (χ1) is 21.8. The Kier molecular flexibility index (Phi) is 12.7. The van der Waals surface area contributed by atoms with Gasteiger partial charge < -0.3 is 31.1 Å². The summed E-state index contributed by atoms with van der Waals surface area (Å²) < 4.78 is 45.0. The lowest BCUT2D eigenvalue weighted by Gasteiger charge is -2.29. The van der Waals surface area contributed by atoms with Crippen LogP contribution in [-0.2, 0) is 19.1 Å². The Labute approximate surface area is 266 Å². The molecule has 0 fully saturated rings. The van der Waals surface area contributed by atoms with Crippen LogP contribution in [0.15, 0.2) is 66.7 Å². The molecule has 3 aromatic carbocycles. The zero-order valence-corrected chi connectivity index (χ0v) is 26.2. The standard InChI is InChI=1S/C34H41F3N4O5/c1-4-12-40(13-5-2)32(44)25-17-24(31(39)43)18-26(19-25)33(45)41(20-23-9-7-11-28(15-23)46-3)21-30(42)29(38)16-22-8-6-10-27(14-22)34(35,36)37/h6-11,14-15,17-19,29-30,42H,4-5,12-13,16,20-21,38H2,1-3H3,(H2,39,43)/t29-,30+/m0/s1. The van der Waals surface area contributed by atoms with Crippen LogP contribution in [-0.4, -0.2) is 71.5 Å². The first kappa shape index (κ1) is 36.1. The van der Waals surface area contributed by atoms with Gasteiger partial charge in [-0.05, 0) is 66.8 Å².